The quantitative estimate of drug-likeness (QED) is 0.854. The second-order valence-electron chi connectivity index (χ2n) is 4.95. The average molecular weight is 284 g/mol. The number of hydrogen-bond acceptors (Lipinski definition) is 3. The standard InChI is InChI=1S/C18H20O3/c1-13(2)18(19,14-5-9-16(20-3)10-6-14)15-7-11-17(21-4)12-8-15/h5-12,19H,1H2,2-4H3. The van der Waals surface area contributed by atoms with Crippen molar-refractivity contribution in [3.8, 4) is 11.5 Å². The van der Waals surface area contributed by atoms with Gasteiger partial charge in [0.15, 0.2) is 0 Å². The first-order chi connectivity index (χ1) is 10.0. The fourth-order valence-corrected chi connectivity index (χ4v) is 2.32. The Morgan fingerprint density at radius 1 is 0.857 bits per heavy atom. The molecule has 0 unspecified atom stereocenters. The summed E-state index contributed by atoms with van der Waals surface area (Å²) < 4.78 is 10.3. The maximum absolute atomic E-state index is 11.2. The van der Waals surface area contributed by atoms with Crippen LogP contribution in [0.25, 0.3) is 0 Å². The first-order valence-electron chi connectivity index (χ1n) is 6.69. The van der Waals surface area contributed by atoms with Gasteiger partial charge < -0.3 is 14.6 Å². The van der Waals surface area contributed by atoms with Crippen molar-refractivity contribution in [1.29, 1.82) is 0 Å². The molecule has 0 bridgehead atoms. The minimum Gasteiger partial charge on any atom is -0.497 e. The predicted octanol–water partition coefficient (Wildman–Crippen LogP) is 3.52. The van der Waals surface area contributed by atoms with Gasteiger partial charge in [0.05, 0.1) is 14.2 Å². The van der Waals surface area contributed by atoms with E-state index in [0.717, 1.165) is 22.6 Å². The minimum atomic E-state index is -1.24. The molecule has 0 saturated heterocycles. The molecule has 3 nitrogen and oxygen atoms in total. The van der Waals surface area contributed by atoms with E-state index in [9.17, 15) is 5.11 Å². The van der Waals surface area contributed by atoms with E-state index in [-0.39, 0.29) is 0 Å². The fourth-order valence-electron chi connectivity index (χ4n) is 2.32. The first kappa shape index (κ1) is 15.1. The van der Waals surface area contributed by atoms with Gasteiger partial charge in [0.1, 0.15) is 17.1 Å². The van der Waals surface area contributed by atoms with Crippen molar-refractivity contribution in [3.63, 3.8) is 0 Å². The van der Waals surface area contributed by atoms with Crippen LogP contribution in [0.3, 0.4) is 0 Å². The number of rotatable bonds is 5. The van der Waals surface area contributed by atoms with Crippen LogP contribution in [0.2, 0.25) is 0 Å². The van der Waals surface area contributed by atoms with Crippen LogP contribution >= 0.6 is 0 Å². The molecule has 0 heterocycles. The summed E-state index contributed by atoms with van der Waals surface area (Å²) in [5.41, 5.74) is 0.915. The van der Waals surface area contributed by atoms with Gasteiger partial charge in [-0.3, -0.25) is 0 Å². The van der Waals surface area contributed by atoms with Crippen LogP contribution in [0.4, 0.5) is 0 Å². The third-order valence-electron chi connectivity index (χ3n) is 3.63. The number of aliphatic hydroxyl groups is 1. The van der Waals surface area contributed by atoms with Crippen LogP contribution in [-0.2, 0) is 5.60 Å². The van der Waals surface area contributed by atoms with E-state index in [4.69, 9.17) is 9.47 Å². The summed E-state index contributed by atoms with van der Waals surface area (Å²) in [6.45, 7) is 5.77. The number of hydrogen-bond donors (Lipinski definition) is 1. The second kappa shape index (κ2) is 6.02. The maximum atomic E-state index is 11.2. The summed E-state index contributed by atoms with van der Waals surface area (Å²) >= 11 is 0. The molecule has 2 rings (SSSR count). The van der Waals surface area contributed by atoms with Gasteiger partial charge in [-0.1, -0.05) is 30.8 Å². The molecule has 0 aliphatic carbocycles. The minimum absolute atomic E-state index is 0.651. The molecule has 3 heteroatoms. The molecule has 0 aromatic heterocycles. The Hall–Kier alpha value is -2.26. The summed E-state index contributed by atoms with van der Waals surface area (Å²) in [4.78, 5) is 0. The lowest BCUT2D eigenvalue weighted by Crippen LogP contribution is -2.28. The molecule has 2 aromatic rings. The van der Waals surface area contributed by atoms with E-state index in [0.29, 0.717) is 5.57 Å². The zero-order valence-electron chi connectivity index (χ0n) is 12.6. The Bertz CT molecular complexity index is 564. The summed E-state index contributed by atoms with van der Waals surface area (Å²) in [5, 5.41) is 11.2. The summed E-state index contributed by atoms with van der Waals surface area (Å²) in [5.74, 6) is 1.50. The van der Waals surface area contributed by atoms with Gasteiger partial charge in [0.25, 0.3) is 0 Å². The van der Waals surface area contributed by atoms with Crippen LogP contribution in [0.15, 0.2) is 60.7 Å². The molecule has 0 fully saturated rings. The van der Waals surface area contributed by atoms with Gasteiger partial charge in [0, 0.05) is 0 Å². The molecule has 0 aliphatic rings. The summed E-state index contributed by atoms with van der Waals surface area (Å²) in [7, 11) is 3.23. The number of ether oxygens (including phenoxy) is 2. The zero-order chi connectivity index (χ0) is 15.5. The Morgan fingerprint density at radius 2 is 1.19 bits per heavy atom. The maximum Gasteiger partial charge on any atom is 0.136 e. The van der Waals surface area contributed by atoms with Crippen LogP contribution in [0, 0.1) is 0 Å². The van der Waals surface area contributed by atoms with Crippen molar-refractivity contribution in [2.45, 2.75) is 12.5 Å². The molecular weight excluding hydrogens is 264 g/mol. The molecule has 0 amide bonds. The third kappa shape index (κ3) is 2.78. The van der Waals surface area contributed by atoms with Crippen molar-refractivity contribution >= 4 is 0 Å². The topological polar surface area (TPSA) is 38.7 Å². The molecular formula is C18H20O3. The normalized spacial score (nSPS) is 11.0. The number of methoxy groups -OCH3 is 2. The van der Waals surface area contributed by atoms with Crippen molar-refractivity contribution in [3.05, 3.63) is 71.8 Å². The zero-order valence-corrected chi connectivity index (χ0v) is 12.6. The molecule has 1 N–H and O–H groups in total. The highest BCUT2D eigenvalue weighted by molar-refractivity contribution is 5.46. The molecule has 0 saturated carbocycles. The van der Waals surface area contributed by atoms with E-state index < -0.39 is 5.60 Å². The summed E-state index contributed by atoms with van der Waals surface area (Å²) in [6.07, 6.45) is 0. The molecule has 0 atom stereocenters. The lowest BCUT2D eigenvalue weighted by atomic mass is 9.81. The largest absolute Gasteiger partial charge is 0.497 e. The Labute approximate surface area is 125 Å². The van der Waals surface area contributed by atoms with Gasteiger partial charge in [-0.2, -0.15) is 0 Å². The van der Waals surface area contributed by atoms with Gasteiger partial charge in [-0.25, -0.2) is 0 Å². The van der Waals surface area contributed by atoms with Crippen LogP contribution in [-0.4, -0.2) is 19.3 Å². The van der Waals surface area contributed by atoms with E-state index in [2.05, 4.69) is 6.58 Å². The highest BCUT2D eigenvalue weighted by Crippen LogP contribution is 2.37. The van der Waals surface area contributed by atoms with E-state index >= 15 is 0 Å². The van der Waals surface area contributed by atoms with Gasteiger partial charge in [-0.05, 0) is 47.9 Å². The first-order valence-corrected chi connectivity index (χ1v) is 6.69. The van der Waals surface area contributed by atoms with Gasteiger partial charge in [0.2, 0.25) is 0 Å². The van der Waals surface area contributed by atoms with E-state index in [1.165, 1.54) is 0 Å². The summed E-state index contributed by atoms with van der Waals surface area (Å²) in [6, 6.07) is 14.7. The smallest absolute Gasteiger partial charge is 0.136 e. The second-order valence-corrected chi connectivity index (χ2v) is 4.95. The fraction of sp³-hybridized carbons (Fsp3) is 0.222. The number of benzene rings is 2. The van der Waals surface area contributed by atoms with Crippen LogP contribution in [0.5, 0.6) is 11.5 Å². The predicted molar refractivity (Wildman–Crippen MR) is 83.8 cm³/mol. The third-order valence-corrected chi connectivity index (χ3v) is 3.63. The lowest BCUT2D eigenvalue weighted by Gasteiger charge is -2.30. The highest BCUT2D eigenvalue weighted by Gasteiger charge is 2.32. The molecule has 110 valence electrons. The highest BCUT2D eigenvalue weighted by atomic mass is 16.5. The molecule has 21 heavy (non-hydrogen) atoms. The van der Waals surface area contributed by atoms with E-state index in [1.54, 1.807) is 14.2 Å². The van der Waals surface area contributed by atoms with Crippen molar-refractivity contribution in [2.75, 3.05) is 14.2 Å². The van der Waals surface area contributed by atoms with Gasteiger partial charge >= 0.3 is 0 Å². The Balaban J connectivity index is 2.50. The van der Waals surface area contributed by atoms with E-state index in [1.807, 2.05) is 55.5 Å². The molecule has 2 aromatic carbocycles. The van der Waals surface area contributed by atoms with Crippen molar-refractivity contribution < 1.29 is 14.6 Å². The molecule has 0 radical (unpaired) electrons. The SMILES string of the molecule is C=C(C)C(O)(c1ccc(OC)cc1)c1ccc(OC)cc1. The van der Waals surface area contributed by atoms with Gasteiger partial charge in [-0.15, -0.1) is 0 Å². The molecule has 0 spiro atoms. The lowest BCUT2D eigenvalue weighted by molar-refractivity contribution is 0.121. The van der Waals surface area contributed by atoms with Crippen LogP contribution in [0.1, 0.15) is 18.1 Å². The monoisotopic (exact) mass is 284 g/mol. The Morgan fingerprint density at radius 3 is 1.43 bits per heavy atom. The van der Waals surface area contributed by atoms with Crippen molar-refractivity contribution in [2.24, 2.45) is 0 Å². The van der Waals surface area contributed by atoms with Crippen LogP contribution < -0.4 is 9.47 Å². The Kier molecular flexibility index (Phi) is 4.34. The molecule has 0 aliphatic heterocycles. The average Bonchev–Trinajstić information content (AvgIpc) is 2.54. The van der Waals surface area contributed by atoms with Crippen molar-refractivity contribution in [1.82, 2.24) is 0 Å².